The van der Waals surface area contributed by atoms with Gasteiger partial charge in [-0.25, -0.2) is 4.39 Å². The van der Waals surface area contributed by atoms with Gasteiger partial charge in [-0.3, -0.25) is 4.79 Å². The zero-order valence-corrected chi connectivity index (χ0v) is 12.3. The number of methoxy groups -OCH3 is 1. The van der Waals surface area contributed by atoms with Crippen LogP contribution in [0, 0.1) is 5.82 Å². The smallest absolute Gasteiger partial charge is 0.272 e. The van der Waals surface area contributed by atoms with Gasteiger partial charge < -0.3 is 14.6 Å². The Bertz CT molecular complexity index is 838. The summed E-state index contributed by atoms with van der Waals surface area (Å²) >= 11 is 0. The molecule has 4 nitrogen and oxygen atoms in total. The predicted molar refractivity (Wildman–Crippen MR) is 83.8 cm³/mol. The predicted octanol–water partition coefficient (Wildman–Crippen LogP) is 3.58. The Kier molecular flexibility index (Phi) is 3.55. The van der Waals surface area contributed by atoms with Crippen molar-refractivity contribution in [3.05, 3.63) is 60.0 Å². The highest BCUT2D eigenvalue weighted by Crippen LogP contribution is 2.21. The molecule has 3 aromatic rings. The van der Waals surface area contributed by atoms with Crippen LogP contribution in [0.15, 0.2) is 48.5 Å². The Hall–Kier alpha value is -2.82. The van der Waals surface area contributed by atoms with Crippen molar-refractivity contribution < 1.29 is 13.9 Å². The molecule has 5 heteroatoms. The Balaban J connectivity index is 1.89. The van der Waals surface area contributed by atoms with E-state index in [0.717, 1.165) is 11.1 Å². The van der Waals surface area contributed by atoms with E-state index in [1.54, 1.807) is 55.1 Å². The highest BCUT2D eigenvalue weighted by Gasteiger charge is 2.14. The van der Waals surface area contributed by atoms with Crippen molar-refractivity contribution in [2.24, 2.45) is 7.05 Å². The number of hydrogen-bond donors (Lipinski definition) is 1. The molecule has 0 aliphatic carbocycles. The van der Waals surface area contributed by atoms with Crippen molar-refractivity contribution in [3.63, 3.8) is 0 Å². The molecule has 2 aromatic carbocycles. The second kappa shape index (κ2) is 5.52. The van der Waals surface area contributed by atoms with E-state index < -0.39 is 0 Å². The number of aryl methyl sites for hydroxylation is 1. The van der Waals surface area contributed by atoms with Crippen LogP contribution in [0.1, 0.15) is 10.5 Å². The van der Waals surface area contributed by atoms with Crippen molar-refractivity contribution in [2.45, 2.75) is 0 Å². The number of anilines is 1. The lowest BCUT2D eigenvalue weighted by Crippen LogP contribution is -2.15. The number of carbonyl (C=O) groups excluding carboxylic acids is 1. The maximum absolute atomic E-state index is 13.3. The van der Waals surface area contributed by atoms with Crippen LogP contribution in [0.4, 0.5) is 10.1 Å². The summed E-state index contributed by atoms with van der Waals surface area (Å²) < 4.78 is 20.1. The fourth-order valence-corrected chi connectivity index (χ4v) is 2.39. The van der Waals surface area contributed by atoms with Crippen molar-refractivity contribution in [1.82, 2.24) is 4.57 Å². The Morgan fingerprint density at radius 1 is 1.14 bits per heavy atom. The standard InChI is InChI=1S/C17H15FN2O2/c1-20-15-10-12(18)4-3-11(15)9-16(20)17(21)19-13-5-7-14(22-2)8-6-13/h3-10H,1-2H3,(H,19,21). The lowest BCUT2D eigenvalue weighted by atomic mass is 10.2. The van der Waals surface area contributed by atoms with Crippen LogP contribution in [0.2, 0.25) is 0 Å². The summed E-state index contributed by atoms with van der Waals surface area (Å²) in [5.41, 5.74) is 1.82. The number of benzene rings is 2. The van der Waals surface area contributed by atoms with Crippen molar-refractivity contribution in [3.8, 4) is 5.75 Å². The van der Waals surface area contributed by atoms with Crippen LogP contribution in [0.25, 0.3) is 10.9 Å². The molecule has 0 atom stereocenters. The van der Waals surface area contributed by atoms with Crippen molar-refractivity contribution in [2.75, 3.05) is 12.4 Å². The summed E-state index contributed by atoms with van der Waals surface area (Å²) in [6.07, 6.45) is 0. The summed E-state index contributed by atoms with van der Waals surface area (Å²) in [6.45, 7) is 0. The van der Waals surface area contributed by atoms with Gasteiger partial charge in [0.15, 0.2) is 0 Å². The third-order valence-corrected chi connectivity index (χ3v) is 3.59. The van der Waals surface area contributed by atoms with Crippen LogP contribution in [0.3, 0.4) is 0 Å². The molecule has 0 fully saturated rings. The van der Waals surface area contributed by atoms with Gasteiger partial charge in [0.2, 0.25) is 0 Å². The number of ether oxygens (including phenoxy) is 1. The molecule has 1 heterocycles. The van der Waals surface area contributed by atoms with Gasteiger partial charge in [-0.05, 0) is 48.5 Å². The van der Waals surface area contributed by atoms with Gasteiger partial charge in [0.1, 0.15) is 17.3 Å². The maximum atomic E-state index is 13.3. The second-order valence-electron chi connectivity index (χ2n) is 4.97. The average molecular weight is 298 g/mol. The fourth-order valence-electron chi connectivity index (χ4n) is 2.39. The number of nitrogens with zero attached hydrogens (tertiary/aromatic N) is 1. The third kappa shape index (κ3) is 2.53. The summed E-state index contributed by atoms with van der Waals surface area (Å²) in [6, 6.07) is 13.3. The van der Waals surface area contributed by atoms with E-state index in [0.29, 0.717) is 16.9 Å². The number of halogens is 1. The number of hydrogen-bond acceptors (Lipinski definition) is 2. The Morgan fingerprint density at radius 3 is 2.55 bits per heavy atom. The maximum Gasteiger partial charge on any atom is 0.272 e. The summed E-state index contributed by atoms with van der Waals surface area (Å²) in [5, 5.41) is 3.64. The minimum atomic E-state index is -0.323. The molecule has 0 bridgehead atoms. The van der Waals surface area contributed by atoms with Gasteiger partial charge >= 0.3 is 0 Å². The minimum Gasteiger partial charge on any atom is -0.497 e. The number of amides is 1. The molecule has 0 unspecified atom stereocenters. The van der Waals surface area contributed by atoms with E-state index >= 15 is 0 Å². The SMILES string of the molecule is COc1ccc(NC(=O)c2cc3ccc(F)cc3n2C)cc1. The van der Waals surface area contributed by atoms with Crippen molar-refractivity contribution in [1.29, 1.82) is 0 Å². The molecule has 1 aromatic heterocycles. The molecule has 0 radical (unpaired) electrons. The molecule has 22 heavy (non-hydrogen) atoms. The topological polar surface area (TPSA) is 43.3 Å². The molecular formula is C17H15FN2O2. The number of fused-ring (bicyclic) bond motifs is 1. The van der Waals surface area contributed by atoms with Crippen LogP contribution < -0.4 is 10.1 Å². The van der Waals surface area contributed by atoms with Gasteiger partial charge in [0.05, 0.1) is 12.6 Å². The first kappa shape index (κ1) is 14.1. The summed E-state index contributed by atoms with van der Waals surface area (Å²) in [4.78, 5) is 12.4. The largest absolute Gasteiger partial charge is 0.497 e. The zero-order chi connectivity index (χ0) is 15.7. The number of carbonyl (C=O) groups is 1. The lowest BCUT2D eigenvalue weighted by Gasteiger charge is -2.07. The monoisotopic (exact) mass is 298 g/mol. The van der Waals surface area contributed by atoms with E-state index in [9.17, 15) is 9.18 Å². The normalized spacial score (nSPS) is 10.7. The van der Waals surface area contributed by atoms with Gasteiger partial charge in [0.25, 0.3) is 5.91 Å². The highest BCUT2D eigenvalue weighted by atomic mass is 19.1. The Labute approximate surface area is 127 Å². The first-order valence-electron chi connectivity index (χ1n) is 6.79. The van der Waals surface area contributed by atoms with Gasteiger partial charge in [-0.15, -0.1) is 0 Å². The summed E-state index contributed by atoms with van der Waals surface area (Å²) in [5.74, 6) is 0.151. The molecule has 3 rings (SSSR count). The second-order valence-corrected chi connectivity index (χ2v) is 4.97. The molecule has 0 saturated carbocycles. The zero-order valence-electron chi connectivity index (χ0n) is 12.3. The van der Waals surface area contributed by atoms with Crippen LogP contribution in [-0.4, -0.2) is 17.6 Å². The first-order chi connectivity index (χ1) is 10.6. The highest BCUT2D eigenvalue weighted by molar-refractivity contribution is 6.06. The lowest BCUT2D eigenvalue weighted by molar-refractivity contribution is 0.101. The van der Waals surface area contributed by atoms with Gasteiger partial charge in [-0.2, -0.15) is 0 Å². The van der Waals surface area contributed by atoms with E-state index in [1.807, 2.05) is 0 Å². The number of aromatic nitrogens is 1. The molecule has 0 saturated heterocycles. The number of nitrogens with one attached hydrogen (secondary N) is 1. The summed E-state index contributed by atoms with van der Waals surface area (Å²) in [7, 11) is 3.33. The third-order valence-electron chi connectivity index (χ3n) is 3.59. The molecule has 1 amide bonds. The van der Waals surface area contributed by atoms with Crippen molar-refractivity contribution >= 4 is 22.5 Å². The van der Waals surface area contributed by atoms with Gasteiger partial charge in [-0.1, -0.05) is 0 Å². The van der Waals surface area contributed by atoms with E-state index in [-0.39, 0.29) is 11.7 Å². The number of rotatable bonds is 3. The Morgan fingerprint density at radius 2 is 1.86 bits per heavy atom. The van der Waals surface area contributed by atoms with Crippen LogP contribution in [0.5, 0.6) is 5.75 Å². The quantitative estimate of drug-likeness (QED) is 0.803. The minimum absolute atomic E-state index is 0.246. The molecule has 0 spiro atoms. The van der Waals surface area contributed by atoms with E-state index in [4.69, 9.17) is 4.74 Å². The first-order valence-corrected chi connectivity index (χ1v) is 6.79. The molecule has 0 aliphatic rings. The molecule has 112 valence electrons. The fraction of sp³-hybridized carbons (Fsp3) is 0.118. The van der Waals surface area contributed by atoms with E-state index in [2.05, 4.69) is 5.32 Å². The molecular weight excluding hydrogens is 283 g/mol. The van der Waals surface area contributed by atoms with E-state index in [1.165, 1.54) is 12.1 Å². The van der Waals surface area contributed by atoms with Crippen LogP contribution >= 0.6 is 0 Å². The molecule has 1 N–H and O–H groups in total. The van der Waals surface area contributed by atoms with Crippen LogP contribution in [-0.2, 0) is 7.05 Å². The average Bonchev–Trinajstić information content (AvgIpc) is 2.85. The van der Waals surface area contributed by atoms with Gasteiger partial charge in [0, 0.05) is 18.1 Å². The molecule has 0 aliphatic heterocycles.